The summed E-state index contributed by atoms with van der Waals surface area (Å²) in [5, 5.41) is 22.4. The second-order valence-corrected chi connectivity index (χ2v) is 4.68. The molecular weight excluding hydrogens is 272 g/mol. The third-order valence-electron chi connectivity index (χ3n) is 3.20. The highest BCUT2D eigenvalue weighted by Gasteiger charge is 2.17. The molecule has 0 saturated carbocycles. The molecule has 21 heavy (non-hydrogen) atoms. The number of carboxylic acid groups (broad SMARTS) is 2. The van der Waals surface area contributed by atoms with Gasteiger partial charge in [-0.25, -0.2) is 14.3 Å². The van der Waals surface area contributed by atoms with Crippen molar-refractivity contribution in [1.29, 1.82) is 0 Å². The van der Waals surface area contributed by atoms with Crippen molar-refractivity contribution >= 4 is 11.9 Å². The number of aromatic carboxylic acids is 2. The molecule has 2 rings (SSSR count). The minimum atomic E-state index is -1.03. The highest BCUT2D eigenvalue weighted by molar-refractivity contribution is 5.89. The minimum Gasteiger partial charge on any atom is -0.478 e. The molecule has 0 radical (unpaired) electrons. The number of carboxylic acids is 2. The second-order valence-electron chi connectivity index (χ2n) is 4.68. The normalized spacial score (nSPS) is 10.5. The van der Waals surface area contributed by atoms with Crippen LogP contribution in [0, 0.1) is 0 Å². The Morgan fingerprint density at radius 3 is 2.62 bits per heavy atom. The van der Waals surface area contributed by atoms with Crippen molar-refractivity contribution in [1.82, 2.24) is 9.78 Å². The van der Waals surface area contributed by atoms with Gasteiger partial charge < -0.3 is 10.2 Å². The Hall–Kier alpha value is -2.63. The minimum absolute atomic E-state index is 0.140. The maximum Gasteiger partial charge on any atom is 0.339 e. The first-order chi connectivity index (χ1) is 10.0. The van der Waals surface area contributed by atoms with Crippen LogP contribution < -0.4 is 0 Å². The molecule has 0 aliphatic heterocycles. The van der Waals surface area contributed by atoms with Crippen LogP contribution in [0.2, 0.25) is 0 Å². The number of aromatic nitrogens is 2. The summed E-state index contributed by atoms with van der Waals surface area (Å²) in [6.07, 6.45) is 3.65. The lowest BCUT2D eigenvalue weighted by Crippen LogP contribution is -2.08. The summed E-state index contributed by atoms with van der Waals surface area (Å²) >= 11 is 0. The number of benzene rings is 1. The van der Waals surface area contributed by atoms with E-state index in [1.165, 1.54) is 23.0 Å². The molecule has 1 aromatic heterocycles. The predicted octanol–water partition coefficient (Wildman–Crippen LogP) is 2.61. The smallest absolute Gasteiger partial charge is 0.339 e. The lowest BCUT2D eigenvalue weighted by atomic mass is 10.1. The van der Waals surface area contributed by atoms with Crippen LogP contribution in [0.1, 0.15) is 46.2 Å². The molecule has 0 bridgehead atoms. The monoisotopic (exact) mass is 288 g/mol. The summed E-state index contributed by atoms with van der Waals surface area (Å²) < 4.78 is 1.51. The zero-order valence-electron chi connectivity index (χ0n) is 11.6. The van der Waals surface area contributed by atoms with E-state index in [9.17, 15) is 14.7 Å². The van der Waals surface area contributed by atoms with Crippen molar-refractivity contribution in [3.63, 3.8) is 0 Å². The first-order valence-electron chi connectivity index (χ1n) is 6.68. The van der Waals surface area contributed by atoms with E-state index >= 15 is 0 Å². The molecule has 6 nitrogen and oxygen atoms in total. The number of hydrogen-bond acceptors (Lipinski definition) is 3. The summed E-state index contributed by atoms with van der Waals surface area (Å²) in [7, 11) is 0. The van der Waals surface area contributed by atoms with Crippen LogP contribution in [0.25, 0.3) is 5.69 Å². The number of unbranched alkanes of at least 4 members (excludes halogenated alkanes) is 1. The second kappa shape index (κ2) is 6.21. The van der Waals surface area contributed by atoms with Crippen molar-refractivity contribution in [3.05, 3.63) is 47.3 Å². The fraction of sp³-hybridized carbons (Fsp3) is 0.267. The highest BCUT2D eigenvalue weighted by Crippen LogP contribution is 2.18. The maximum atomic E-state index is 11.3. The third kappa shape index (κ3) is 3.10. The van der Waals surface area contributed by atoms with Gasteiger partial charge in [-0.1, -0.05) is 19.4 Å². The van der Waals surface area contributed by atoms with Crippen LogP contribution in [0.4, 0.5) is 0 Å². The quantitative estimate of drug-likeness (QED) is 0.852. The summed E-state index contributed by atoms with van der Waals surface area (Å²) in [5.74, 6) is -2.06. The Labute approximate surface area is 121 Å². The van der Waals surface area contributed by atoms with Crippen LogP contribution in [-0.2, 0) is 6.42 Å². The summed E-state index contributed by atoms with van der Waals surface area (Å²) in [6, 6.07) is 6.29. The summed E-state index contributed by atoms with van der Waals surface area (Å²) in [5.41, 5.74) is 1.44. The molecule has 6 heteroatoms. The lowest BCUT2D eigenvalue weighted by Gasteiger charge is -2.09. The largest absolute Gasteiger partial charge is 0.478 e. The van der Waals surface area contributed by atoms with Gasteiger partial charge in [-0.2, -0.15) is 5.10 Å². The number of hydrogen-bond donors (Lipinski definition) is 2. The van der Waals surface area contributed by atoms with Gasteiger partial charge in [-0.15, -0.1) is 0 Å². The fourth-order valence-corrected chi connectivity index (χ4v) is 2.13. The van der Waals surface area contributed by atoms with Gasteiger partial charge in [0, 0.05) is 0 Å². The third-order valence-corrected chi connectivity index (χ3v) is 3.20. The van der Waals surface area contributed by atoms with Gasteiger partial charge in [0.15, 0.2) is 0 Å². The zero-order valence-corrected chi connectivity index (χ0v) is 11.6. The molecule has 0 atom stereocenters. The SMILES string of the molecule is CCCCc1c(C(=O)O)cnn1-c1cccc(C(=O)O)c1. The van der Waals surface area contributed by atoms with Gasteiger partial charge in [0.2, 0.25) is 0 Å². The van der Waals surface area contributed by atoms with Gasteiger partial charge in [-0.05, 0) is 31.0 Å². The summed E-state index contributed by atoms with van der Waals surface area (Å²) in [6.45, 7) is 2.02. The lowest BCUT2D eigenvalue weighted by molar-refractivity contribution is 0.0685. The van der Waals surface area contributed by atoms with E-state index in [1.807, 2.05) is 6.92 Å². The average Bonchev–Trinajstić information content (AvgIpc) is 2.89. The Morgan fingerprint density at radius 2 is 2.00 bits per heavy atom. The molecule has 0 saturated heterocycles. The van der Waals surface area contributed by atoms with Crippen LogP contribution in [0.5, 0.6) is 0 Å². The van der Waals surface area contributed by atoms with Gasteiger partial charge in [0.1, 0.15) is 5.56 Å². The van der Waals surface area contributed by atoms with Crippen molar-refractivity contribution in [3.8, 4) is 5.69 Å². The van der Waals surface area contributed by atoms with E-state index in [0.29, 0.717) is 17.8 Å². The molecule has 0 aliphatic carbocycles. The molecule has 2 aromatic rings. The standard InChI is InChI=1S/C15H16N2O4/c1-2-3-7-13-12(15(20)21)9-16-17(13)11-6-4-5-10(8-11)14(18)19/h4-6,8-9H,2-3,7H2,1H3,(H,18,19)(H,20,21). The van der Waals surface area contributed by atoms with Crippen LogP contribution in [0.15, 0.2) is 30.5 Å². The number of nitrogens with zero attached hydrogens (tertiary/aromatic N) is 2. The molecular formula is C15H16N2O4. The van der Waals surface area contributed by atoms with E-state index < -0.39 is 11.9 Å². The van der Waals surface area contributed by atoms with E-state index in [-0.39, 0.29) is 11.1 Å². The first-order valence-corrected chi connectivity index (χ1v) is 6.68. The van der Waals surface area contributed by atoms with Crippen molar-refractivity contribution < 1.29 is 19.8 Å². The van der Waals surface area contributed by atoms with Gasteiger partial charge in [-0.3, -0.25) is 0 Å². The zero-order chi connectivity index (χ0) is 15.4. The number of rotatable bonds is 6. The molecule has 0 spiro atoms. The molecule has 1 heterocycles. The highest BCUT2D eigenvalue weighted by atomic mass is 16.4. The van der Waals surface area contributed by atoms with Gasteiger partial charge in [0.25, 0.3) is 0 Å². The Bertz CT molecular complexity index is 676. The average molecular weight is 288 g/mol. The molecule has 0 fully saturated rings. The molecule has 0 aliphatic rings. The molecule has 1 aromatic carbocycles. The van der Waals surface area contributed by atoms with Crippen LogP contribution in [0.3, 0.4) is 0 Å². The van der Waals surface area contributed by atoms with Crippen LogP contribution in [-0.4, -0.2) is 31.9 Å². The number of carbonyl (C=O) groups is 2. The Morgan fingerprint density at radius 1 is 1.24 bits per heavy atom. The first kappa shape index (κ1) is 14.8. The van der Waals surface area contributed by atoms with Crippen LogP contribution >= 0.6 is 0 Å². The van der Waals surface area contributed by atoms with Gasteiger partial charge >= 0.3 is 11.9 Å². The Balaban J connectivity index is 2.50. The van der Waals surface area contributed by atoms with Crippen molar-refractivity contribution in [2.45, 2.75) is 26.2 Å². The van der Waals surface area contributed by atoms with E-state index in [0.717, 1.165) is 12.8 Å². The Kier molecular flexibility index (Phi) is 4.37. The summed E-state index contributed by atoms with van der Waals surface area (Å²) in [4.78, 5) is 22.3. The topological polar surface area (TPSA) is 92.4 Å². The molecule has 2 N–H and O–H groups in total. The van der Waals surface area contributed by atoms with E-state index in [2.05, 4.69) is 5.10 Å². The fourth-order valence-electron chi connectivity index (χ4n) is 2.13. The molecule has 0 amide bonds. The van der Waals surface area contributed by atoms with E-state index in [1.54, 1.807) is 12.1 Å². The van der Waals surface area contributed by atoms with Gasteiger partial charge in [0.05, 0.1) is 23.1 Å². The van der Waals surface area contributed by atoms with E-state index in [4.69, 9.17) is 5.11 Å². The maximum absolute atomic E-state index is 11.3. The predicted molar refractivity (Wildman–Crippen MR) is 76.1 cm³/mol. The molecule has 110 valence electrons. The van der Waals surface area contributed by atoms with Crippen molar-refractivity contribution in [2.24, 2.45) is 0 Å². The molecule has 0 unspecified atom stereocenters. The van der Waals surface area contributed by atoms with Crippen molar-refractivity contribution in [2.75, 3.05) is 0 Å².